The fraction of sp³-hybridized carbons (Fsp3) is 0.385. The van der Waals surface area contributed by atoms with Gasteiger partial charge < -0.3 is 9.47 Å². The Kier molecular flexibility index (Phi) is 3.32. The van der Waals surface area contributed by atoms with Crippen LogP contribution in [0.15, 0.2) is 12.1 Å². The zero-order valence-electron chi connectivity index (χ0n) is 10.2. The van der Waals surface area contributed by atoms with Gasteiger partial charge in [-0.05, 0) is 18.6 Å². The highest BCUT2D eigenvalue weighted by Gasteiger charge is 2.33. The monoisotopic (exact) mass is 252 g/mol. The summed E-state index contributed by atoms with van der Waals surface area (Å²) < 4.78 is 23.2. The van der Waals surface area contributed by atoms with E-state index in [-0.39, 0.29) is 24.4 Å². The lowest BCUT2D eigenvalue weighted by atomic mass is 9.82. The molecule has 1 unspecified atom stereocenters. The minimum atomic E-state index is -0.564. The Morgan fingerprint density at radius 3 is 2.67 bits per heavy atom. The summed E-state index contributed by atoms with van der Waals surface area (Å²) in [7, 11) is 2.61. The molecule has 1 aromatic carbocycles. The van der Waals surface area contributed by atoms with E-state index in [1.165, 1.54) is 26.4 Å². The molecule has 0 aliphatic heterocycles. The van der Waals surface area contributed by atoms with Crippen LogP contribution in [-0.4, -0.2) is 26.0 Å². The second-order valence-corrected chi connectivity index (χ2v) is 4.16. The molecule has 0 spiro atoms. The maximum absolute atomic E-state index is 13.6. The van der Waals surface area contributed by atoms with Crippen molar-refractivity contribution in [1.29, 1.82) is 0 Å². The average molecular weight is 252 g/mol. The quantitative estimate of drug-likeness (QED) is 0.752. The number of esters is 1. The summed E-state index contributed by atoms with van der Waals surface area (Å²) >= 11 is 0. The van der Waals surface area contributed by atoms with E-state index in [0.717, 1.165) is 0 Å². The Balaban J connectivity index is 2.47. The second-order valence-electron chi connectivity index (χ2n) is 4.16. The molecule has 0 heterocycles. The molecule has 0 fully saturated rings. The van der Waals surface area contributed by atoms with Crippen molar-refractivity contribution in [2.45, 2.75) is 12.8 Å². The fourth-order valence-electron chi connectivity index (χ4n) is 2.27. The Bertz CT molecular complexity index is 510. The van der Waals surface area contributed by atoms with Crippen molar-refractivity contribution >= 4 is 11.8 Å². The standard InChI is InChI=1S/C13H13FO4/c1-17-12-9-5-7(13(16)18-2)6-11(15)8(9)3-4-10(12)14/h3-4,7H,5-6H2,1-2H3. The number of benzene rings is 1. The van der Waals surface area contributed by atoms with Crippen LogP contribution in [0.4, 0.5) is 4.39 Å². The molecule has 0 aromatic heterocycles. The molecule has 0 radical (unpaired) electrons. The number of hydrogen-bond acceptors (Lipinski definition) is 4. The molecule has 5 heteroatoms. The van der Waals surface area contributed by atoms with Gasteiger partial charge in [0, 0.05) is 17.5 Å². The first kappa shape index (κ1) is 12.5. The second kappa shape index (κ2) is 4.76. The van der Waals surface area contributed by atoms with Crippen LogP contribution < -0.4 is 4.74 Å². The number of carbonyl (C=O) groups excluding carboxylic acids is 2. The van der Waals surface area contributed by atoms with Crippen molar-refractivity contribution in [3.63, 3.8) is 0 Å². The maximum Gasteiger partial charge on any atom is 0.309 e. The number of Topliss-reactive ketones (excluding diaryl/α,β-unsaturated/α-hetero) is 1. The molecule has 4 nitrogen and oxygen atoms in total. The van der Waals surface area contributed by atoms with Crippen LogP contribution in [0.2, 0.25) is 0 Å². The molecular weight excluding hydrogens is 239 g/mol. The minimum absolute atomic E-state index is 0.0365. The zero-order chi connectivity index (χ0) is 13.3. The molecule has 0 bridgehead atoms. The summed E-state index contributed by atoms with van der Waals surface area (Å²) in [4.78, 5) is 23.4. The molecule has 0 saturated heterocycles. The van der Waals surface area contributed by atoms with Gasteiger partial charge in [0.25, 0.3) is 0 Å². The Hall–Kier alpha value is -1.91. The molecule has 18 heavy (non-hydrogen) atoms. The van der Waals surface area contributed by atoms with Crippen LogP contribution >= 0.6 is 0 Å². The lowest BCUT2D eigenvalue weighted by molar-refractivity contribution is -0.145. The van der Waals surface area contributed by atoms with Crippen LogP contribution in [0.3, 0.4) is 0 Å². The largest absolute Gasteiger partial charge is 0.493 e. The predicted octanol–water partition coefficient (Wildman–Crippen LogP) is 1.75. The number of hydrogen-bond donors (Lipinski definition) is 0. The van der Waals surface area contributed by atoms with Gasteiger partial charge >= 0.3 is 5.97 Å². The van der Waals surface area contributed by atoms with Crippen LogP contribution in [0.1, 0.15) is 22.3 Å². The average Bonchev–Trinajstić information content (AvgIpc) is 2.37. The summed E-state index contributed by atoms with van der Waals surface area (Å²) in [6, 6.07) is 2.64. The lowest BCUT2D eigenvalue weighted by Gasteiger charge is -2.23. The Morgan fingerprint density at radius 1 is 1.33 bits per heavy atom. The molecule has 1 aliphatic rings. The molecule has 0 N–H and O–H groups in total. The summed E-state index contributed by atoms with van der Waals surface area (Å²) in [5.41, 5.74) is 0.873. The number of rotatable bonds is 2. The van der Waals surface area contributed by atoms with Crippen molar-refractivity contribution in [3.05, 3.63) is 29.1 Å². The van der Waals surface area contributed by atoms with Crippen molar-refractivity contribution in [3.8, 4) is 5.75 Å². The molecule has 1 aromatic rings. The van der Waals surface area contributed by atoms with Gasteiger partial charge in [0.1, 0.15) is 0 Å². The zero-order valence-corrected chi connectivity index (χ0v) is 10.2. The first-order valence-electron chi connectivity index (χ1n) is 5.54. The summed E-state index contributed by atoms with van der Waals surface area (Å²) in [6.45, 7) is 0. The number of halogens is 1. The van der Waals surface area contributed by atoms with Crippen LogP contribution in [0, 0.1) is 11.7 Å². The maximum atomic E-state index is 13.6. The van der Waals surface area contributed by atoms with Crippen molar-refractivity contribution in [1.82, 2.24) is 0 Å². The number of methoxy groups -OCH3 is 2. The molecule has 0 saturated carbocycles. The highest BCUT2D eigenvalue weighted by Crippen LogP contribution is 2.34. The van der Waals surface area contributed by atoms with E-state index in [1.54, 1.807) is 0 Å². The molecule has 1 aliphatic carbocycles. The highest BCUT2D eigenvalue weighted by atomic mass is 19.1. The van der Waals surface area contributed by atoms with Gasteiger partial charge in [-0.25, -0.2) is 4.39 Å². The van der Waals surface area contributed by atoms with E-state index in [4.69, 9.17) is 4.74 Å². The number of carbonyl (C=O) groups is 2. The third-order valence-electron chi connectivity index (χ3n) is 3.13. The van der Waals surface area contributed by atoms with Gasteiger partial charge in [-0.1, -0.05) is 0 Å². The normalized spacial score (nSPS) is 18.2. The molecule has 96 valence electrons. The van der Waals surface area contributed by atoms with E-state index in [0.29, 0.717) is 11.1 Å². The number of fused-ring (bicyclic) bond motifs is 1. The summed E-state index contributed by atoms with van der Waals surface area (Å²) in [6.07, 6.45) is 0.350. The SMILES string of the molecule is COC(=O)C1CC(=O)c2ccc(F)c(OC)c2C1. The van der Waals surface area contributed by atoms with Gasteiger partial charge in [0.15, 0.2) is 17.3 Å². The molecule has 2 rings (SSSR count). The van der Waals surface area contributed by atoms with Crippen LogP contribution in [0.5, 0.6) is 5.75 Å². The predicted molar refractivity (Wildman–Crippen MR) is 61.1 cm³/mol. The van der Waals surface area contributed by atoms with Gasteiger partial charge in [-0.2, -0.15) is 0 Å². The Labute approximate surface area is 104 Å². The smallest absolute Gasteiger partial charge is 0.309 e. The molecule has 0 amide bonds. The Morgan fingerprint density at radius 2 is 2.06 bits per heavy atom. The van der Waals surface area contributed by atoms with E-state index >= 15 is 0 Å². The van der Waals surface area contributed by atoms with E-state index < -0.39 is 17.7 Å². The minimum Gasteiger partial charge on any atom is -0.493 e. The molecule has 1 atom stereocenters. The number of ether oxygens (including phenoxy) is 2. The third kappa shape index (κ3) is 1.96. The number of ketones is 1. The van der Waals surface area contributed by atoms with Crippen LogP contribution in [-0.2, 0) is 16.0 Å². The van der Waals surface area contributed by atoms with Crippen LogP contribution in [0.25, 0.3) is 0 Å². The van der Waals surface area contributed by atoms with E-state index in [9.17, 15) is 14.0 Å². The van der Waals surface area contributed by atoms with Crippen molar-refractivity contribution < 1.29 is 23.5 Å². The van der Waals surface area contributed by atoms with Gasteiger partial charge in [-0.15, -0.1) is 0 Å². The lowest BCUT2D eigenvalue weighted by Crippen LogP contribution is -2.28. The third-order valence-corrected chi connectivity index (χ3v) is 3.13. The van der Waals surface area contributed by atoms with Crippen molar-refractivity contribution in [2.24, 2.45) is 5.92 Å². The first-order chi connectivity index (χ1) is 8.58. The first-order valence-corrected chi connectivity index (χ1v) is 5.54. The highest BCUT2D eigenvalue weighted by molar-refractivity contribution is 6.01. The van der Waals surface area contributed by atoms with Gasteiger partial charge in [0.05, 0.1) is 20.1 Å². The fourth-order valence-corrected chi connectivity index (χ4v) is 2.27. The van der Waals surface area contributed by atoms with E-state index in [2.05, 4.69) is 4.74 Å². The molecular formula is C13H13FO4. The van der Waals surface area contributed by atoms with Gasteiger partial charge in [0.2, 0.25) is 0 Å². The topological polar surface area (TPSA) is 52.6 Å². The van der Waals surface area contributed by atoms with Crippen molar-refractivity contribution in [2.75, 3.05) is 14.2 Å². The van der Waals surface area contributed by atoms with Gasteiger partial charge in [-0.3, -0.25) is 9.59 Å². The van der Waals surface area contributed by atoms with E-state index in [1.807, 2.05) is 0 Å². The summed E-state index contributed by atoms with van der Waals surface area (Å²) in [5, 5.41) is 0. The summed E-state index contributed by atoms with van der Waals surface area (Å²) in [5.74, 6) is -1.71.